The van der Waals surface area contributed by atoms with E-state index in [0.717, 1.165) is 54.7 Å². The summed E-state index contributed by atoms with van der Waals surface area (Å²) >= 11 is -0.395. The number of aromatic nitrogens is 3. The fourth-order valence-electron chi connectivity index (χ4n) is 9.40. The number of thiophene rings is 1. The summed E-state index contributed by atoms with van der Waals surface area (Å²) in [6.45, 7) is 5.88. The van der Waals surface area contributed by atoms with Crippen molar-refractivity contribution in [2.45, 2.75) is 44.4 Å². The van der Waals surface area contributed by atoms with Gasteiger partial charge in [0.1, 0.15) is 0 Å². The number of rotatable bonds is 6. The van der Waals surface area contributed by atoms with Crippen LogP contribution in [0, 0.1) is 17.5 Å². The third kappa shape index (κ3) is 8.63. The summed E-state index contributed by atoms with van der Waals surface area (Å²) in [6, 6.07) is 71.1. The Morgan fingerprint density at radius 1 is 0.632 bits per heavy atom. The van der Waals surface area contributed by atoms with Gasteiger partial charge in [0.15, 0.2) is 0 Å². The normalized spacial score (nSPS) is 12.6. The van der Waals surface area contributed by atoms with Crippen molar-refractivity contribution in [2.24, 2.45) is 5.41 Å². The first-order valence-corrected chi connectivity index (χ1v) is 31.1. The molecule has 1 radical (unpaired) electrons. The van der Waals surface area contributed by atoms with Crippen LogP contribution in [0.3, 0.4) is 0 Å². The predicted octanol–water partition coefficient (Wildman–Crippen LogP) is 16.7. The molecule has 3 aromatic heterocycles. The van der Waals surface area contributed by atoms with E-state index in [4.69, 9.17) is 7.73 Å². The summed E-state index contributed by atoms with van der Waals surface area (Å²) in [6.07, 6.45) is 0.502. The van der Waals surface area contributed by atoms with Crippen molar-refractivity contribution in [1.82, 2.24) is 14.5 Å². The average Bonchev–Trinajstić information content (AvgIpc) is 3.95. The number of fused-ring (bicyclic) bond motifs is 9. The Morgan fingerprint density at radius 2 is 1.28 bits per heavy atom. The van der Waals surface area contributed by atoms with Gasteiger partial charge in [0.05, 0.1) is 22.5 Å². The molecule has 3 nitrogen and oxygen atoms in total. The molecule has 0 aliphatic heterocycles. The van der Waals surface area contributed by atoms with Gasteiger partial charge in [-0.25, -0.2) is 0 Å². The molecule has 0 fully saturated rings. The van der Waals surface area contributed by atoms with Crippen LogP contribution in [0.1, 0.15) is 29.1 Å². The average molecular weight is 1140 g/mol. The SMILES string of the molecule is [2H]C([2H])(c1cc(-c2[c-]cccc2)nc[c]1[Ge]([CH3])([CH3])[CH3])C(C)(C)C.[Ir].[c-]1cc2sc3c4ccccc4ccc3c2cc1-c1nc2c3ccccc3ccc2n1-c1c(-c2ccccc2)ccc2ccccc12. The minimum atomic E-state index is -2.24. The molecule has 0 N–H and O–H groups in total. The summed E-state index contributed by atoms with van der Waals surface area (Å²) < 4.78 is 23.6. The van der Waals surface area contributed by atoms with E-state index >= 15 is 0 Å². The van der Waals surface area contributed by atoms with Gasteiger partial charge in [-0.2, -0.15) is 11.3 Å². The second-order valence-electron chi connectivity index (χ2n) is 19.4. The van der Waals surface area contributed by atoms with E-state index < -0.39 is 25.1 Å². The summed E-state index contributed by atoms with van der Waals surface area (Å²) in [5.74, 6) is 7.75. The quantitative estimate of drug-likeness (QED) is 0.123. The number of nitrogens with zero attached hydrogens (tertiary/aromatic N) is 3. The van der Waals surface area contributed by atoms with Gasteiger partial charge in [-0.05, 0) is 43.3 Å². The zero-order chi connectivity index (χ0) is 47.7. The Balaban J connectivity index is 0.000000201. The first-order valence-electron chi connectivity index (χ1n) is 24.0. The molecular formula is C62H51GeIrN3S-2. The summed E-state index contributed by atoms with van der Waals surface area (Å²) in [4.78, 5) is 10.1. The Hall–Kier alpha value is -6.21. The van der Waals surface area contributed by atoms with Crippen molar-refractivity contribution < 1.29 is 22.8 Å². The molecule has 335 valence electrons. The maximum Gasteiger partial charge on any atom is 0.0852 e. The van der Waals surface area contributed by atoms with E-state index in [0.29, 0.717) is 0 Å². The third-order valence-corrected chi connectivity index (χ3v) is 17.9. The molecule has 0 aliphatic rings. The molecule has 6 heteroatoms. The molecule has 0 bridgehead atoms. The molecule has 68 heavy (non-hydrogen) atoms. The van der Waals surface area contributed by atoms with Crippen molar-refractivity contribution in [1.29, 1.82) is 0 Å². The number of pyridine rings is 1. The van der Waals surface area contributed by atoms with Crippen molar-refractivity contribution in [2.75, 3.05) is 0 Å². The van der Waals surface area contributed by atoms with Crippen LogP contribution in [0.25, 0.3) is 103 Å². The van der Waals surface area contributed by atoms with Crippen LogP contribution < -0.4 is 4.40 Å². The van der Waals surface area contributed by atoms with Crippen molar-refractivity contribution in [3.8, 4) is 39.5 Å². The summed E-state index contributed by atoms with van der Waals surface area (Å²) in [5, 5.41) is 9.79. The first kappa shape index (κ1) is 43.1. The maximum atomic E-state index is 8.76. The fourth-order valence-corrected chi connectivity index (χ4v) is 13.5. The second kappa shape index (κ2) is 18.4. The van der Waals surface area contributed by atoms with Crippen LogP contribution in [0.4, 0.5) is 0 Å². The van der Waals surface area contributed by atoms with Gasteiger partial charge in [-0.1, -0.05) is 139 Å². The zero-order valence-corrected chi connectivity index (χ0v) is 44.3. The standard InChI is InChI=1S/C43H25N2S.C19H26GeN.Ir/c1-2-10-27(11-3-1)34-22-18-29-13-5-8-16-33(29)41(34)45-38-24-20-28-12-4-7-15-32(28)40(38)44-43(45)31-21-25-39-37(26-31)36-23-19-30-14-6-9-17-35(30)42(36)46-39;1-19(2,3)13-16-12-18(15-10-8-7-9-11-15)21-14-17(16)20(4,5)6;/h1-20,22-26H;7-10,12,14H,13H2,1-6H3;/q2*-1;/i;13D2;. The van der Waals surface area contributed by atoms with E-state index in [-0.39, 0.29) is 20.1 Å². The molecule has 0 spiro atoms. The van der Waals surface area contributed by atoms with Crippen LogP contribution >= 0.6 is 11.3 Å². The Morgan fingerprint density at radius 3 is 2.00 bits per heavy atom. The van der Waals surface area contributed by atoms with Crippen LogP contribution in [-0.4, -0.2) is 27.8 Å². The van der Waals surface area contributed by atoms with Gasteiger partial charge >= 0.3 is 135 Å². The third-order valence-electron chi connectivity index (χ3n) is 12.5. The molecular weight excluding hydrogens is 1080 g/mol. The van der Waals surface area contributed by atoms with Crippen molar-refractivity contribution in [3.05, 3.63) is 206 Å². The number of imidazole rings is 1. The topological polar surface area (TPSA) is 30.7 Å². The molecule has 12 aromatic rings. The molecule has 0 aliphatic carbocycles. The smallest absolute Gasteiger partial charge is 0.0852 e. The molecule has 3 heterocycles. The molecule has 12 rings (SSSR count). The molecule has 0 unspecified atom stereocenters. The van der Waals surface area contributed by atoms with E-state index in [9.17, 15) is 0 Å². The van der Waals surface area contributed by atoms with E-state index in [1.165, 1.54) is 58.2 Å². The van der Waals surface area contributed by atoms with Crippen molar-refractivity contribution >= 4 is 92.5 Å². The van der Waals surface area contributed by atoms with Crippen molar-refractivity contribution in [3.63, 3.8) is 0 Å². The fraction of sp³-hybridized carbons (Fsp3) is 0.129. The largest absolute Gasteiger partial charge is 0.332 e. The first-order chi connectivity index (χ1) is 33.3. The minimum Gasteiger partial charge on any atom is -0.332 e. The minimum absolute atomic E-state index is 0. The molecule has 0 atom stereocenters. The van der Waals surface area contributed by atoms with Crippen LogP contribution in [0.15, 0.2) is 188 Å². The summed E-state index contributed by atoms with van der Waals surface area (Å²) in [7, 11) is 0. The maximum absolute atomic E-state index is 8.76. The van der Waals surface area contributed by atoms with Gasteiger partial charge in [-0.15, -0.1) is 23.8 Å². The van der Waals surface area contributed by atoms with Crippen LogP contribution in [-0.2, 0) is 26.5 Å². The summed E-state index contributed by atoms with van der Waals surface area (Å²) in [5.41, 5.74) is 8.56. The van der Waals surface area contributed by atoms with Gasteiger partial charge in [-0.3, -0.25) is 4.98 Å². The monoisotopic (exact) mass is 1140 g/mol. The molecule has 0 saturated carbocycles. The number of hydrogen-bond donors (Lipinski definition) is 0. The Labute approximate surface area is 422 Å². The van der Waals surface area contributed by atoms with Crippen LogP contribution in [0.5, 0.6) is 0 Å². The van der Waals surface area contributed by atoms with Gasteiger partial charge < -0.3 is 4.57 Å². The molecule has 9 aromatic carbocycles. The number of benzene rings is 9. The Bertz CT molecular complexity index is 3910. The molecule has 0 amide bonds. The van der Waals surface area contributed by atoms with E-state index in [1.807, 2.05) is 68.6 Å². The van der Waals surface area contributed by atoms with Gasteiger partial charge in [0, 0.05) is 41.1 Å². The molecule has 0 saturated heterocycles. The van der Waals surface area contributed by atoms with E-state index in [2.05, 4.69) is 191 Å². The van der Waals surface area contributed by atoms with E-state index in [1.54, 1.807) is 0 Å². The van der Waals surface area contributed by atoms with Crippen LogP contribution in [0.2, 0.25) is 17.3 Å². The Kier molecular flexibility index (Phi) is 11.6. The van der Waals surface area contributed by atoms with Gasteiger partial charge in [0.25, 0.3) is 0 Å². The number of hydrogen-bond acceptors (Lipinski definition) is 3. The van der Waals surface area contributed by atoms with Gasteiger partial charge in [0.2, 0.25) is 0 Å². The zero-order valence-electron chi connectivity index (χ0n) is 41.0. The second-order valence-corrected chi connectivity index (χ2v) is 31.0. The predicted molar refractivity (Wildman–Crippen MR) is 291 cm³/mol.